The van der Waals surface area contributed by atoms with Gasteiger partial charge < -0.3 is 10.1 Å². The van der Waals surface area contributed by atoms with Crippen molar-refractivity contribution < 1.29 is 14.3 Å². The number of nitrogens with one attached hydrogen (secondary N) is 1. The summed E-state index contributed by atoms with van der Waals surface area (Å²) in [6.07, 6.45) is 1.66. The van der Waals surface area contributed by atoms with E-state index < -0.39 is 0 Å². The van der Waals surface area contributed by atoms with E-state index in [1.165, 1.54) is 23.1 Å². The largest absolute Gasteiger partial charge is 0.462 e. The van der Waals surface area contributed by atoms with Crippen LogP contribution in [0.15, 0.2) is 64.6 Å². The minimum Gasteiger partial charge on any atom is -0.462 e. The fraction of sp³-hybridized carbons (Fsp3) is 0.150. The van der Waals surface area contributed by atoms with E-state index in [4.69, 9.17) is 4.74 Å². The maximum atomic E-state index is 12.8. The lowest BCUT2D eigenvalue weighted by atomic mass is 10.2. The van der Waals surface area contributed by atoms with Crippen molar-refractivity contribution in [3.8, 4) is 0 Å². The van der Waals surface area contributed by atoms with Crippen molar-refractivity contribution in [1.82, 2.24) is 4.98 Å². The third-order valence-corrected chi connectivity index (χ3v) is 5.75. The van der Waals surface area contributed by atoms with Crippen LogP contribution in [-0.4, -0.2) is 23.5 Å². The number of aromatic nitrogens is 1. The molecule has 0 saturated heterocycles. The highest BCUT2D eigenvalue weighted by molar-refractivity contribution is 7.99. The molecule has 0 aliphatic heterocycles. The van der Waals surface area contributed by atoms with E-state index in [9.17, 15) is 9.59 Å². The van der Waals surface area contributed by atoms with Crippen LogP contribution in [0.4, 0.5) is 5.00 Å². The summed E-state index contributed by atoms with van der Waals surface area (Å²) in [5, 5.41) is 4.08. The topological polar surface area (TPSA) is 68.3 Å². The number of nitrogens with zero attached hydrogens (tertiary/aromatic N) is 1. The zero-order valence-electron chi connectivity index (χ0n) is 14.9. The van der Waals surface area contributed by atoms with Crippen LogP contribution in [0.1, 0.15) is 32.5 Å². The molecule has 0 bridgehead atoms. The molecule has 7 heteroatoms. The van der Waals surface area contributed by atoms with Gasteiger partial charge in [-0.25, -0.2) is 9.78 Å². The lowest BCUT2D eigenvalue weighted by molar-refractivity contribution is 0.0531. The Balaban J connectivity index is 1.79. The first kappa shape index (κ1) is 19.1. The number of hydrogen-bond acceptors (Lipinski definition) is 6. The summed E-state index contributed by atoms with van der Waals surface area (Å²) in [6.45, 7) is 3.89. The van der Waals surface area contributed by atoms with E-state index >= 15 is 0 Å². The Labute approximate surface area is 165 Å². The molecule has 27 heavy (non-hydrogen) atoms. The fourth-order valence-corrected chi connectivity index (χ4v) is 4.23. The van der Waals surface area contributed by atoms with Crippen LogP contribution in [0.2, 0.25) is 0 Å². The number of aryl methyl sites for hydroxylation is 1. The van der Waals surface area contributed by atoms with Gasteiger partial charge in [-0.1, -0.05) is 30.0 Å². The van der Waals surface area contributed by atoms with Crippen molar-refractivity contribution in [2.24, 2.45) is 0 Å². The van der Waals surface area contributed by atoms with Crippen molar-refractivity contribution in [1.29, 1.82) is 0 Å². The van der Waals surface area contributed by atoms with Crippen LogP contribution in [0.3, 0.4) is 0 Å². The van der Waals surface area contributed by atoms with E-state index in [1.54, 1.807) is 31.3 Å². The lowest BCUT2D eigenvalue weighted by Crippen LogP contribution is -2.12. The Morgan fingerprint density at radius 1 is 1.19 bits per heavy atom. The molecule has 3 rings (SSSR count). The summed E-state index contributed by atoms with van der Waals surface area (Å²) in [6, 6.07) is 15.0. The van der Waals surface area contributed by atoms with Crippen LogP contribution in [0.25, 0.3) is 0 Å². The minimum atomic E-state index is -0.373. The number of benzene rings is 1. The van der Waals surface area contributed by atoms with Crippen LogP contribution in [0.5, 0.6) is 0 Å². The molecule has 0 unspecified atom stereocenters. The quantitative estimate of drug-likeness (QED) is 0.590. The Bertz CT molecular complexity index is 955. The van der Waals surface area contributed by atoms with E-state index in [0.717, 1.165) is 10.5 Å². The zero-order valence-corrected chi connectivity index (χ0v) is 16.5. The predicted octanol–water partition coefficient (Wildman–Crippen LogP) is 5.03. The number of carbonyl (C=O) groups excluding carboxylic acids is 2. The normalized spacial score (nSPS) is 10.4. The number of hydrogen-bond donors (Lipinski definition) is 1. The average molecular weight is 399 g/mol. The van der Waals surface area contributed by atoms with Gasteiger partial charge in [-0.2, -0.15) is 0 Å². The number of esters is 1. The van der Waals surface area contributed by atoms with Crippen LogP contribution < -0.4 is 5.32 Å². The first-order valence-corrected chi connectivity index (χ1v) is 9.98. The third-order valence-electron chi connectivity index (χ3n) is 3.59. The van der Waals surface area contributed by atoms with Gasteiger partial charge in [-0.3, -0.25) is 4.79 Å². The summed E-state index contributed by atoms with van der Waals surface area (Å²) in [5.74, 6) is -0.639. The third kappa shape index (κ3) is 4.75. The molecule has 138 valence electrons. The molecule has 3 aromatic rings. The molecule has 0 aliphatic rings. The standard InChI is InChI=1S/C20H18N2O3S2/c1-3-25-20(24)17-13(2)12-16(27-17)22-18(23)15-10-7-11-21-19(15)26-14-8-5-4-6-9-14/h4-12H,3H2,1-2H3,(H,22,23). The van der Waals surface area contributed by atoms with E-state index in [0.29, 0.717) is 27.1 Å². The molecule has 0 saturated carbocycles. The number of thiophene rings is 1. The molecule has 1 aromatic carbocycles. The van der Waals surface area contributed by atoms with Gasteiger partial charge in [-0.05, 0) is 49.7 Å². The number of carbonyl (C=O) groups is 2. The van der Waals surface area contributed by atoms with Gasteiger partial charge in [0.1, 0.15) is 9.90 Å². The summed E-state index contributed by atoms with van der Waals surface area (Å²) in [4.78, 5) is 30.6. The molecule has 0 aliphatic carbocycles. The van der Waals surface area contributed by atoms with Gasteiger partial charge in [0.05, 0.1) is 17.2 Å². The van der Waals surface area contributed by atoms with Crippen LogP contribution in [0, 0.1) is 6.92 Å². The second-order valence-electron chi connectivity index (χ2n) is 5.57. The van der Waals surface area contributed by atoms with E-state index in [2.05, 4.69) is 10.3 Å². The second-order valence-corrected chi connectivity index (χ2v) is 7.68. The monoisotopic (exact) mass is 398 g/mol. The average Bonchev–Trinajstić information content (AvgIpc) is 3.03. The molecular weight excluding hydrogens is 380 g/mol. The summed E-state index contributed by atoms with van der Waals surface area (Å²) < 4.78 is 5.04. The van der Waals surface area contributed by atoms with Crippen molar-refractivity contribution in [2.75, 3.05) is 11.9 Å². The molecule has 1 N–H and O–H groups in total. The minimum absolute atomic E-state index is 0.266. The molecule has 0 radical (unpaired) electrons. The Morgan fingerprint density at radius 2 is 1.96 bits per heavy atom. The van der Waals surface area contributed by atoms with Gasteiger partial charge in [-0.15, -0.1) is 11.3 Å². The Morgan fingerprint density at radius 3 is 2.70 bits per heavy atom. The number of amides is 1. The Hall–Kier alpha value is -2.64. The predicted molar refractivity (Wildman–Crippen MR) is 108 cm³/mol. The van der Waals surface area contributed by atoms with E-state index in [-0.39, 0.29) is 11.9 Å². The van der Waals surface area contributed by atoms with Crippen LogP contribution >= 0.6 is 23.1 Å². The second kappa shape index (κ2) is 8.83. The zero-order chi connectivity index (χ0) is 19.2. The number of anilines is 1. The molecule has 0 atom stereocenters. The summed E-state index contributed by atoms with van der Waals surface area (Å²) in [7, 11) is 0. The van der Waals surface area contributed by atoms with Crippen molar-refractivity contribution in [2.45, 2.75) is 23.8 Å². The first-order chi connectivity index (χ1) is 13.1. The molecule has 5 nitrogen and oxygen atoms in total. The highest BCUT2D eigenvalue weighted by atomic mass is 32.2. The highest BCUT2D eigenvalue weighted by Gasteiger charge is 2.18. The van der Waals surface area contributed by atoms with E-state index in [1.807, 2.05) is 37.3 Å². The van der Waals surface area contributed by atoms with Crippen molar-refractivity contribution >= 4 is 40.0 Å². The van der Waals surface area contributed by atoms with Crippen LogP contribution in [-0.2, 0) is 4.74 Å². The summed E-state index contributed by atoms with van der Waals surface area (Å²) >= 11 is 2.64. The summed E-state index contributed by atoms with van der Waals surface area (Å²) in [5.41, 5.74) is 1.26. The molecule has 0 fully saturated rings. The Kier molecular flexibility index (Phi) is 6.26. The lowest BCUT2D eigenvalue weighted by Gasteiger charge is -2.08. The molecule has 0 spiro atoms. The van der Waals surface area contributed by atoms with Gasteiger partial charge in [0, 0.05) is 11.1 Å². The van der Waals surface area contributed by atoms with Gasteiger partial charge in [0.25, 0.3) is 5.91 Å². The SMILES string of the molecule is CCOC(=O)c1sc(NC(=O)c2cccnc2Sc2ccccc2)cc1C. The number of rotatable bonds is 6. The number of pyridine rings is 1. The highest BCUT2D eigenvalue weighted by Crippen LogP contribution is 2.31. The molecular formula is C20H18N2O3S2. The maximum Gasteiger partial charge on any atom is 0.348 e. The van der Waals surface area contributed by atoms with Crippen molar-refractivity contribution in [3.05, 3.63) is 70.7 Å². The smallest absolute Gasteiger partial charge is 0.348 e. The van der Waals surface area contributed by atoms with Gasteiger partial charge in [0.15, 0.2) is 0 Å². The number of ether oxygens (including phenoxy) is 1. The van der Waals surface area contributed by atoms with Gasteiger partial charge >= 0.3 is 5.97 Å². The molecule has 2 aromatic heterocycles. The van der Waals surface area contributed by atoms with Crippen molar-refractivity contribution in [3.63, 3.8) is 0 Å². The van der Waals surface area contributed by atoms with Gasteiger partial charge in [0.2, 0.25) is 0 Å². The molecule has 2 heterocycles. The maximum absolute atomic E-state index is 12.8. The fourth-order valence-electron chi connectivity index (χ4n) is 2.37. The first-order valence-electron chi connectivity index (χ1n) is 8.35. The molecule has 1 amide bonds.